The Hall–Kier alpha value is -0.340. The van der Waals surface area contributed by atoms with Crippen LogP contribution in [-0.4, -0.2) is 25.8 Å². The Morgan fingerprint density at radius 1 is 1.69 bits per heavy atom. The molecule has 0 spiro atoms. The second-order valence-electron chi connectivity index (χ2n) is 3.90. The highest BCUT2D eigenvalue weighted by Gasteiger charge is 2.15. The van der Waals surface area contributed by atoms with Gasteiger partial charge in [0.1, 0.15) is 0 Å². The summed E-state index contributed by atoms with van der Waals surface area (Å²) >= 11 is 0. The standard InChI is InChI=1S/C11H21NO/c1-3-4-5-10(2)12-8-11-6-7-13-9-11/h3,10-12H,1,4-9H2,2H3. The van der Waals surface area contributed by atoms with E-state index in [9.17, 15) is 0 Å². The van der Waals surface area contributed by atoms with Crippen molar-refractivity contribution in [2.45, 2.75) is 32.2 Å². The number of nitrogens with one attached hydrogen (secondary N) is 1. The van der Waals surface area contributed by atoms with Crippen molar-refractivity contribution in [1.82, 2.24) is 5.32 Å². The van der Waals surface area contributed by atoms with Crippen LogP contribution in [-0.2, 0) is 4.74 Å². The normalized spacial score (nSPS) is 24.5. The van der Waals surface area contributed by atoms with Gasteiger partial charge in [-0.15, -0.1) is 6.58 Å². The van der Waals surface area contributed by atoms with E-state index < -0.39 is 0 Å². The molecule has 1 aliphatic heterocycles. The van der Waals surface area contributed by atoms with Crippen molar-refractivity contribution in [3.05, 3.63) is 12.7 Å². The summed E-state index contributed by atoms with van der Waals surface area (Å²) in [5.41, 5.74) is 0. The lowest BCUT2D eigenvalue weighted by Gasteiger charge is -2.15. The molecular formula is C11H21NO. The Balaban J connectivity index is 1.99. The van der Waals surface area contributed by atoms with Gasteiger partial charge < -0.3 is 10.1 Å². The fraction of sp³-hybridized carbons (Fsp3) is 0.818. The SMILES string of the molecule is C=CCCC(C)NCC1CCOC1. The van der Waals surface area contributed by atoms with E-state index >= 15 is 0 Å². The van der Waals surface area contributed by atoms with Crippen LogP contribution in [0.5, 0.6) is 0 Å². The summed E-state index contributed by atoms with van der Waals surface area (Å²) in [5.74, 6) is 0.742. The van der Waals surface area contributed by atoms with E-state index in [1.54, 1.807) is 0 Å². The van der Waals surface area contributed by atoms with E-state index in [1.807, 2.05) is 6.08 Å². The topological polar surface area (TPSA) is 21.3 Å². The van der Waals surface area contributed by atoms with Gasteiger partial charge in [-0.05, 0) is 32.1 Å². The van der Waals surface area contributed by atoms with E-state index in [4.69, 9.17) is 4.74 Å². The molecule has 13 heavy (non-hydrogen) atoms. The maximum absolute atomic E-state index is 5.31. The second-order valence-corrected chi connectivity index (χ2v) is 3.90. The molecule has 2 heteroatoms. The summed E-state index contributed by atoms with van der Waals surface area (Å²) in [6.07, 6.45) is 5.50. The van der Waals surface area contributed by atoms with Gasteiger partial charge >= 0.3 is 0 Å². The zero-order valence-corrected chi connectivity index (χ0v) is 8.59. The molecule has 1 heterocycles. The van der Waals surface area contributed by atoms with E-state index in [-0.39, 0.29) is 0 Å². The van der Waals surface area contributed by atoms with E-state index in [1.165, 1.54) is 12.8 Å². The van der Waals surface area contributed by atoms with Crippen LogP contribution in [0, 0.1) is 5.92 Å². The first kappa shape index (κ1) is 10.7. The van der Waals surface area contributed by atoms with Crippen LogP contribution in [0.3, 0.4) is 0 Å². The van der Waals surface area contributed by atoms with Crippen LogP contribution >= 0.6 is 0 Å². The maximum atomic E-state index is 5.31. The minimum Gasteiger partial charge on any atom is -0.381 e. The molecule has 2 unspecified atom stereocenters. The monoisotopic (exact) mass is 183 g/mol. The fourth-order valence-corrected chi connectivity index (χ4v) is 1.58. The molecular weight excluding hydrogens is 162 g/mol. The maximum Gasteiger partial charge on any atom is 0.0507 e. The highest BCUT2D eigenvalue weighted by molar-refractivity contribution is 4.73. The average Bonchev–Trinajstić information content (AvgIpc) is 2.64. The van der Waals surface area contributed by atoms with Gasteiger partial charge in [0.05, 0.1) is 6.61 Å². The third kappa shape index (κ3) is 4.44. The number of rotatable bonds is 6. The van der Waals surface area contributed by atoms with Crippen LogP contribution in [0.2, 0.25) is 0 Å². The molecule has 0 saturated carbocycles. The molecule has 76 valence electrons. The molecule has 2 nitrogen and oxygen atoms in total. The molecule has 1 N–H and O–H groups in total. The van der Waals surface area contributed by atoms with Crippen LogP contribution in [0.1, 0.15) is 26.2 Å². The van der Waals surface area contributed by atoms with Gasteiger partial charge in [-0.3, -0.25) is 0 Å². The summed E-state index contributed by atoms with van der Waals surface area (Å²) in [4.78, 5) is 0. The Bertz CT molecular complexity index is 141. The predicted molar refractivity (Wildman–Crippen MR) is 55.8 cm³/mol. The van der Waals surface area contributed by atoms with Gasteiger partial charge in [0.25, 0.3) is 0 Å². The highest BCUT2D eigenvalue weighted by atomic mass is 16.5. The molecule has 0 aromatic rings. The summed E-state index contributed by atoms with van der Waals surface area (Å²) in [6.45, 7) is 8.96. The molecule has 2 atom stereocenters. The van der Waals surface area contributed by atoms with Gasteiger partial charge in [0.15, 0.2) is 0 Å². The van der Waals surface area contributed by atoms with Crippen molar-refractivity contribution in [2.24, 2.45) is 5.92 Å². The lowest BCUT2D eigenvalue weighted by molar-refractivity contribution is 0.184. The van der Waals surface area contributed by atoms with Crippen molar-refractivity contribution in [2.75, 3.05) is 19.8 Å². The number of ether oxygens (including phenoxy) is 1. The third-order valence-electron chi connectivity index (χ3n) is 2.58. The first-order valence-electron chi connectivity index (χ1n) is 5.25. The minimum atomic E-state index is 0.610. The van der Waals surface area contributed by atoms with Crippen molar-refractivity contribution in [3.8, 4) is 0 Å². The Labute approximate surface area is 81.4 Å². The zero-order chi connectivity index (χ0) is 9.52. The van der Waals surface area contributed by atoms with Crippen molar-refractivity contribution in [3.63, 3.8) is 0 Å². The molecule has 1 aliphatic rings. The molecule has 1 rings (SSSR count). The van der Waals surface area contributed by atoms with Crippen LogP contribution in [0.4, 0.5) is 0 Å². The van der Waals surface area contributed by atoms with Crippen LogP contribution < -0.4 is 5.32 Å². The van der Waals surface area contributed by atoms with E-state index in [2.05, 4.69) is 18.8 Å². The lowest BCUT2D eigenvalue weighted by Crippen LogP contribution is -2.31. The van der Waals surface area contributed by atoms with Gasteiger partial charge in [0, 0.05) is 19.2 Å². The summed E-state index contributed by atoms with van der Waals surface area (Å²) in [5, 5.41) is 3.53. The van der Waals surface area contributed by atoms with Gasteiger partial charge in [-0.1, -0.05) is 6.08 Å². The second kappa shape index (κ2) is 6.17. The molecule has 1 saturated heterocycles. The highest BCUT2D eigenvalue weighted by Crippen LogP contribution is 2.11. The van der Waals surface area contributed by atoms with Crippen LogP contribution in [0.25, 0.3) is 0 Å². The molecule has 1 fully saturated rings. The van der Waals surface area contributed by atoms with Crippen molar-refractivity contribution < 1.29 is 4.74 Å². The number of allylic oxidation sites excluding steroid dienone is 1. The first-order valence-corrected chi connectivity index (χ1v) is 5.25. The van der Waals surface area contributed by atoms with Gasteiger partial charge in [-0.2, -0.15) is 0 Å². The summed E-state index contributed by atoms with van der Waals surface area (Å²) in [7, 11) is 0. The van der Waals surface area contributed by atoms with Crippen molar-refractivity contribution in [1.29, 1.82) is 0 Å². The molecule has 0 radical (unpaired) electrons. The predicted octanol–water partition coefficient (Wildman–Crippen LogP) is 1.97. The fourth-order valence-electron chi connectivity index (χ4n) is 1.58. The zero-order valence-electron chi connectivity index (χ0n) is 8.59. The first-order chi connectivity index (χ1) is 6.33. The molecule has 0 amide bonds. The van der Waals surface area contributed by atoms with Gasteiger partial charge in [0.2, 0.25) is 0 Å². The smallest absolute Gasteiger partial charge is 0.0507 e. The molecule has 0 aromatic heterocycles. The molecule has 0 aliphatic carbocycles. The van der Waals surface area contributed by atoms with Gasteiger partial charge in [-0.25, -0.2) is 0 Å². The quantitative estimate of drug-likeness (QED) is 0.636. The average molecular weight is 183 g/mol. The van der Waals surface area contributed by atoms with Crippen LogP contribution in [0.15, 0.2) is 12.7 Å². The van der Waals surface area contributed by atoms with E-state index in [0.29, 0.717) is 6.04 Å². The summed E-state index contributed by atoms with van der Waals surface area (Å²) < 4.78 is 5.31. The number of hydrogen-bond donors (Lipinski definition) is 1. The largest absolute Gasteiger partial charge is 0.381 e. The van der Waals surface area contributed by atoms with Crippen molar-refractivity contribution >= 4 is 0 Å². The minimum absolute atomic E-state index is 0.610. The Kier molecular flexibility index (Phi) is 5.09. The molecule has 0 bridgehead atoms. The molecule has 0 aromatic carbocycles. The number of hydrogen-bond acceptors (Lipinski definition) is 2. The third-order valence-corrected chi connectivity index (χ3v) is 2.58. The Morgan fingerprint density at radius 3 is 3.15 bits per heavy atom. The van der Waals surface area contributed by atoms with E-state index in [0.717, 1.165) is 32.1 Å². The lowest BCUT2D eigenvalue weighted by atomic mass is 10.1. The Morgan fingerprint density at radius 2 is 2.54 bits per heavy atom. The summed E-state index contributed by atoms with van der Waals surface area (Å²) in [6, 6.07) is 0.610.